The van der Waals surface area contributed by atoms with E-state index in [1.807, 2.05) is 12.1 Å². The number of nitrogens with one attached hydrogen (secondary N) is 2. The van der Waals surface area contributed by atoms with Crippen LogP contribution in [-0.2, 0) is 4.79 Å². The SMILES string of the molecule is COc1cc(/C=N\NC(=O)c2ccc(N3CCCC3)cc2)ccc1OCC(=O)Nc1ccc(F)cc1. The lowest BCUT2D eigenvalue weighted by atomic mass is 10.2. The second-order valence-electron chi connectivity index (χ2n) is 8.19. The molecule has 1 heterocycles. The Labute approximate surface area is 208 Å². The molecule has 0 aliphatic carbocycles. The van der Waals surface area contributed by atoms with Crippen molar-refractivity contribution >= 4 is 29.4 Å². The number of methoxy groups -OCH3 is 1. The summed E-state index contributed by atoms with van der Waals surface area (Å²) < 4.78 is 23.9. The number of hydrogen-bond donors (Lipinski definition) is 2. The van der Waals surface area contributed by atoms with Crippen LogP contribution in [0.3, 0.4) is 0 Å². The van der Waals surface area contributed by atoms with Crippen LogP contribution < -0.4 is 25.1 Å². The van der Waals surface area contributed by atoms with Crippen molar-refractivity contribution in [1.82, 2.24) is 5.43 Å². The van der Waals surface area contributed by atoms with Gasteiger partial charge in [-0.2, -0.15) is 5.10 Å². The molecule has 3 aromatic rings. The van der Waals surface area contributed by atoms with Crippen molar-refractivity contribution in [2.45, 2.75) is 12.8 Å². The van der Waals surface area contributed by atoms with E-state index in [1.54, 1.807) is 30.3 Å². The second-order valence-corrected chi connectivity index (χ2v) is 8.19. The predicted octanol–water partition coefficient (Wildman–Crippen LogP) is 4.22. The standard InChI is InChI=1S/C27H27FN4O4/c1-35-25-16-19(4-13-24(25)36-18-26(33)30-22-9-7-21(28)8-10-22)17-29-31-27(34)20-5-11-23(12-6-20)32-14-2-3-15-32/h4-13,16-17H,2-3,14-15,18H2,1H3,(H,30,33)(H,31,34)/b29-17-. The van der Waals surface area contributed by atoms with Crippen molar-refractivity contribution < 1.29 is 23.5 Å². The summed E-state index contributed by atoms with van der Waals surface area (Å²) in [5.74, 6) is -0.323. The largest absolute Gasteiger partial charge is 0.493 e. The van der Waals surface area contributed by atoms with Crippen LogP contribution in [0.5, 0.6) is 11.5 Å². The van der Waals surface area contributed by atoms with Gasteiger partial charge in [0, 0.05) is 30.0 Å². The smallest absolute Gasteiger partial charge is 0.271 e. The van der Waals surface area contributed by atoms with Crippen molar-refractivity contribution in [3.05, 3.63) is 83.7 Å². The van der Waals surface area contributed by atoms with Crippen LogP contribution in [0.25, 0.3) is 0 Å². The van der Waals surface area contributed by atoms with Crippen molar-refractivity contribution in [1.29, 1.82) is 0 Å². The second kappa shape index (κ2) is 11.8. The molecule has 186 valence electrons. The molecule has 0 radical (unpaired) electrons. The molecule has 1 fully saturated rings. The fraction of sp³-hybridized carbons (Fsp3) is 0.222. The third-order valence-corrected chi connectivity index (χ3v) is 5.65. The molecule has 8 nitrogen and oxygen atoms in total. The summed E-state index contributed by atoms with van der Waals surface area (Å²) in [5, 5.41) is 6.65. The lowest BCUT2D eigenvalue weighted by molar-refractivity contribution is -0.118. The van der Waals surface area contributed by atoms with Gasteiger partial charge in [0.05, 0.1) is 13.3 Å². The number of carbonyl (C=O) groups is 2. The zero-order chi connectivity index (χ0) is 25.3. The number of anilines is 2. The maximum Gasteiger partial charge on any atom is 0.271 e. The Morgan fingerprint density at radius 1 is 1.00 bits per heavy atom. The van der Waals surface area contributed by atoms with E-state index in [-0.39, 0.29) is 18.3 Å². The molecule has 2 N–H and O–H groups in total. The van der Waals surface area contributed by atoms with Crippen molar-refractivity contribution in [2.24, 2.45) is 5.10 Å². The molecule has 3 aromatic carbocycles. The van der Waals surface area contributed by atoms with Gasteiger partial charge in [-0.1, -0.05) is 0 Å². The van der Waals surface area contributed by atoms with E-state index in [4.69, 9.17) is 9.47 Å². The highest BCUT2D eigenvalue weighted by molar-refractivity contribution is 5.95. The van der Waals surface area contributed by atoms with Gasteiger partial charge in [0.25, 0.3) is 11.8 Å². The highest BCUT2D eigenvalue weighted by atomic mass is 19.1. The summed E-state index contributed by atoms with van der Waals surface area (Å²) >= 11 is 0. The zero-order valence-electron chi connectivity index (χ0n) is 19.9. The predicted molar refractivity (Wildman–Crippen MR) is 136 cm³/mol. The number of carbonyl (C=O) groups excluding carboxylic acids is 2. The van der Waals surface area contributed by atoms with E-state index >= 15 is 0 Å². The summed E-state index contributed by atoms with van der Waals surface area (Å²) in [5.41, 5.74) is 5.30. The Balaban J connectivity index is 1.29. The van der Waals surface area contributed by atoms with Crippen molar-refractivity contribution in [2.75, 3.05) is 37.0 Å². The molecule has 9 heteroatoms. The van der Waals surface area contributed by atoms with Crippen molar-refractivity contribution in [3.63, 3.8) is 0 Å². The first-order chi connectivity index (χ1) is 17.5. The molecule has 4 rings (SSSR count). The molecule has 0 unspecified atom stereocenters. The molecule has 0 saturated carbocycles. The summed E-state index contributed by atoms with van der Waals surface area (Å²) in [7, 11) is 1.48. The number of rotatable bonds is 9. The Morgan fingerprint density at radius 3 is 2.42 bits per heavy atom. The fourth-order valence-electron chi connectivity index (χ4n) is 3.79. The minimum Gasteiger partial charge on any atom is -0.493 e. The van der Waals surface area contributed by atoms with E-state index in [1.165, 1.54) is 50.4 Å². The topological polar surface area (TPSA) is 92.3 Å². The van der Waals surface area contributed by atoms with Gasteiger partial charge in [-0.3, -0.25) is 9.59 Å². The quantitative estimate of drug-likeness (QED) is 0.346. The molecule has 0 spiro atoms. The van der Waals surface area contributed by atoms with Gasteiger partial charge in [0.2, 0.25) is 0 Å². The Hall–Kier alpha value is -4.40. The number of hydrazone groups is 1. The van der Waals surface area contributed by atoms with Gasteiger partial charge in [0.1, 0.15) is 5.82 Å². The number of hydrogen-bond acceptors (Lipinski definition) is 6. The van der Waals surface area contributed by atoms with Crippen LogP contribution in [0, 0.1) is 5.82 Å². The lowest BCUT2D eigenvalue weighted by Crippen LogP contribution is -2.20. The van der Waals surface area contributed by atoms with E-state index in [0.29, 0.717) is 28.3 Å². The molecule has 1 aliphatic heterocycles. The molecule has 0 atom stereocenters. The summed E-state index contributed by atoms with van der Waals surface area (Å²) in [6.45, 7) is 1.84. The Morgan fingerprint density at radius 2 is 1.72 bits per heavy atom. The molecular formula is C27H27FN4O4. The van der Waals surface area contributed by atoms with Crippen molar-refractivity contribution in [3.8, 4) is 11.5 Å². The number of amides is 2. The summed E-state index contributed by atoms with van der Waals surface area (Å²) in [6.07, 6.45) is 3.88. The van der Waals surface area contributed by atoms with Crippen LogP contribution in [0.1, 0.15) is 28.8 Å². The van der Waals surface area contributed by atoms with Gasteiger partial charge in [0.15, 0.2) is 18.1 Å². The molecule has 1 aliphatic rings. The maximum absolute atomic E-state index is 13.0. The minimum absolute atomic E-state index is 0.256. The lowest BCUT2D eigenvalue weighted by Gasteiger charge is -2.17. The molecular weight excluding hydrogens is 463 g/mol. The third-order valence-electron chi connectivity index (χ3n) is 5.65. The average molecular weight is 491 g/mol. The van der Waals surface area contributed by atoms with E-state index in [2.05, 4.69) is 20.7 Å². The summed E-state index contributed by atoms with van der Waals surface area (Å²) in [6, 6.07) is 18.0. The first-order valence-corrected chi connectivity index (χ1v) is 11.6. The number of nitrogens with zero attached hydrogens (tertiary/aromatic N) is 2. The van der Waals surface area contributed by atoms with Crippen LogP contribution in [0.2, 0.25) is 0 Å². The molecule has 0 bridgehead atoms. The normalized spacial score (nSPS) is 13.0. The third kappa shape index (κ3) is 6.59. The average Bonchev–Trinajstić information content (AvgIpc) is 3.44. The summed E-state index contributed by atoms with van der Waals surface area (Å²) in [4.78, 5) is 26.8. The maximum atomic E-state index is 13.0. The molecule has 0 aromatic heterocycles. The highest BCUT2D eigenvalue weighted by Crippen LogP contribution is 2.27. The number of benzene rings is 3. The highest BCUT2D eigenvalue weighted by Gasteiger charge is 2.13. The van der Waals surface area contributed by atoms with Gasteiger partial charge in [-0.15, -0.1) is 0 Å². The number of halogens is 1. The van der Waals surface area contributed by atoms with E-state index < -0.39 is 5.91 Å². The molecule has 2 amide bonds. The van der Waals surface area contributed by atoms with Crippen LogP contribution in [0.15, 0.2) is 71.8 Å². The van der Waals surface area contributed by atoms with Crippen LogP contribution >= 0.6 is 0 Å². The first-order valence-electron chi connectivity index (χ1n) is 11.6. The molecule has 1 saturated heterocycles. The van der Waals surface area contributed by atoms with Crippen LogP contribution in [0.4, 0.5) is 15.8 Å². The first kappa shape index (κ1) is 24.7. The minimum atomic E-state index is -0.398. The van der Waals surface area contributed by atoms with Gasteiger partial charge in [-0.05, 0) is 85.1 Å². The van der Waals surface area contributed by atoms with E-state index in [9.17, 15) is 14.0 Å². The Kier molecular flexibility index (Phi) is 8.12. The van der Waals surface area contributed by atoms with Gasteiger partial charge >= 0.3 is 0 Å². The monoisotopic (exact) mass is 490 g/mol. The van der Waals surface area contributed by atoms with E-state index in [0.717, 1.165) is 18.8 Å². The fourth-order valence-corrected chi connectivity index (χ4v) is 3.79. The van der Waals surface area contributed by atoms with Crippen LogP contribution in [-0.4, -0.2) is 44.8 Å². The van der Waals surface area contributed by atoms with Gasteiger partial charge < -0.3 is 19.7 Å². The molecule has 36 heavy (non-hydrogen) atoms. The number of ether oxygens (including phenoxy) is 2. The Bertz CT molecular complexity index is 1220. The zero-order valence-corrected chi connectivity index (χ0v) is 19.9. The van der Waals surface area contributed by atoms with Gasteiger partial charge in [-0.25, -0.2) is 9.82 Å².